The maximum atomic E-state index is 13.0. The van der Waals surface area contributed by atoms with E-state index < -0.39 is 0 Å². The van der Waals surface area contributed by atoms with Crippen LogP contribution in [0.25, 0.3) is 0 Å². The van der Waals surface area contributed by atoms with Crippen LogP contribution in [0.3, 0.4) is 0 Å². The molecule has 1 aromatic carbocycles. The van der Waals surface area contributed by atoms with Crippen molar-refractivity contribution >= 4 is 5.91 Å². The maximum absolute atomic E-state index is 13.0. The molecule has 144 valence electrons. The average molecular weight is 362 g/mol. The van der Waals surface area contributed by atoms with Gasteiger partial charge in [0.15, 0.2) is 0 Å². The number of aryl methyl sites for hydroxylation is 1. The highest BCUT2D eigenvalue weighted by Crippen LogP contribution is 2.30. The summed E-state index contributed by atoms with van der Waals surface area (Å²) in [5, 5.41) is 19.5. The third kappa shape index (κ3) is 4.03. The Bertz CT molecular complexity index is 628. The molecule has 3 rings (SSSR count). The van der Waals surface area contributed by atoms with Crippen LogP contribution in [0.4, 0.5) is 0 Å². The van der Waals surface area contributed by atoms with Gasteiger partial charge in [0, 0.05) is 45.2 Å². The van der Waals surface area contributed by atoms with Gasteiger partial charge in [0.25, 0.3) is 5.91 Å². The Labute approximate surface area is 155 Å². The zero-order valence-corrected chi connectivity index (χ0v) is 15.7. The first-order valence-electron chi connectivity index (χ1n) is 9.47. The number of methoxy groups -OCH3 is 1. The second kappa shape index (κ2) is 8.37. The molecule has 0 spiro atoms. The standard InChI is InChI=1S/C20H30N2O4/c1-14-4-3-5-18(19(14)26-2)20(25)22-11-15(16(12-22)13-23)10-21-8-6-17(24)7-9-21/h3-5,15-17,23-24H,6-13H2,1-2H3/t15-,16-/m1/s1. The molecule has 0 aromatic heterocycles. The minimum absolute atomic E-state index is 0.0273. The number of aliphatic hydroxyl groups is 2. The summed E-state index contributed by atoms with van der Waals surface area (Å²) >= 11 is 0. The number of para-hydroxylation sites is 1. The van der Waals surface area contributed by atoms with Crippen molar-refractivity contribution in [2.45, 2.75) is 25.9 Å². The van der Waals surface area contributed by atoms with Gasteiger partial charge >= 0.3 is 0 Å². The van der Waals surface area contributed by atoms with Crippen LogP contribution in [0.1, 0.15) is 28.8 Å². The number of amides is 1. The molecule has 0 bridgehead atoms. The number of likely N-dealkylation sites (tertiary alicyclic amines) is 2. The van der Waals surface area contributed by atoms with Crippen molar-refractivity contribution in [1.82, 2.24) is 9.80 Å². The number of hydrogen-bond acceptors (Lipinski definition) is 5. The summed E-state index contributed by atoms with van der Waals surface area (Å²) in [6.07, 6.45) is 1.43. The summed E-state index contributed by atoms with van der Waals surface area (Å²) < 4.78 is 5.44. The first-order chi connectivity index (χ1) is 12.5. The third-order valence-corrected chi connectivity index (χ3v) is 5.79. The van der Waals surface area contributed by atoms with Crippen molar-refractivity contribution < 1.29 is 19.7 Å². The number of rotatable bonds is 5. The Hall–Kier alpha value is -1.63. The monoisotopic (exact) mass is 362 g/mol. The maximum Gasteiger partial charge on any atom is 0.257 e. The zero-order chi connectivity index (χ0) is 18.7. The van der Waals surface area contributed by atoms with Crippen molar-refractivity contribution in [3.63, 3.8) is 0 Å². The highest BCUT2D eigenvalue weighted by Gasteiger charge is 2.37. The lowest BCUT2D eigenvalue weighted by molar-refractivity contribution is 0.0678. The first-order valence-corrected chi connectivity index (χ1v) is 9.47. The lowest BCUT2D eigenvalue weighted by atomic mass is 9.95. The topological polar surface area (TPSA) is 73.2 Å². The number of nitrogens with zero attached hydrogens (tertiary/aromatic N) is 2. The van der Waals surface area contributed by atoms with Gasteiger partial charge in [0.2, 0.25) is 0 Å². The van der Waals surface area contributed by atoms with E-state index in [2.05, 4.69) is 4.90 Å². The van der Waals surface area contributed by atoms with E-state index in [9.17, 15) is 15.0 Å². The van der Waals surface area contributed by atoms with Gasteiger partial charge in [-0.05, 0) is 37.3 Å². The van der Waals surface area contributed by atoms with E-state index in [-0.39, 0.29) is 30.5 Å². The number of carbonyl (C=O) groups excluding carboxylic acids is 1. The minimum atomic E-state index is -0.185. The molecule has 2 saturated heterocycles. The van der Waals surface area contributed by atoms with Crippen LogP contribution in [-0.4, -0.2) is 78.5 Å². The average Bonchev–Trinajstić information content (AvgIpc) is 3.05. The number of aliphatic hydroxyl groups excluding tert-OH is 2. The third-order valence-electron chi connectivity index (χ3n) is 5.79. The number of hydrogen-bond donors (Lipinski definition) is 2. The second-order valence-corrected chi connectivity index (χ2v) is 7.60. The Morgan fingerprint density at radius 2 is 1.92 bits per heavy atom. The van der Waals surface area contributed by atoms with Gasteiger partial charge < -0.3 is 24.7 Å². The zero-order valence-electron chi connectivity index (χ0n) is 15.7. The van der Waals surface area contributed by atoms with Crippen LogP contribution in [0.5, 0.6) is 5.75 Å². The fourth-order valence-corrected chi connectivity index (χ4v) is 4.21. The van der Waals surface area contributed by atoms with Crippen LogP contribution in [0.15, 0.2) is 18.2 Å². The summed E-state index contributed by atoms with van der Waals surface area (Å²) in [6, 6.07) is 5.62. The number of carbonyl (C=O) groups is 1. The van der Waals surface area contributed by atoms with Gasteiger partial charge in [-0.1, -0.05) is 12.1 Å². The predicted molar refractivity (Wildman–Crippen MR) is 99.4 cm³/mol. The van der Waals surface area contributed by atoms with Gasteiger partial charge in [-0.3, -0.25) is 4.79 Å². The van der Waals surface area contributed by atoms with Crippen molar-refractivity contribution in [1.29, 1.82) is 0 Å². The van der Waals surface area contributed by atoms with Gasteiger partial charge in [-0.25, -0.2) is 0 Å². The molecule has 2 heterocycles. The highest BCUT2D eigenvalue weighted by atomic mass is 16.5. The molecule has 26 heavy (non-hydrogen) atoms. The quantitative estimate of drug-likeness (QED) is 0.822. The van der Waals surface area contributed by atoms with Crippen LogP contribution in [-0.2, 0) is 0 Å². The Kier molecular flexibility index (Phi) is 6.16. The molecule has 2 atom stereocenters. The molecule has 0 aliphatic carbocycles. The lowest BCUT2D eigenvalue weighted by Crippen LogP contribution is -2.40. The molecule has 2 N–H and O–H groups in total. The van der Waals surface area contributed by atoms with E-state index in [1.165, 1.54) is 0 Å². The summed E-state index contributed by atoms with van der Waals surface area (Å²) in [7, 11) is 1.59. The SMILES string of the molecule is COc1c(C)cccc1C(=O)N1C[C@@H](CN2CCC(O)CC2)[C@@H](CO)C1. The Morgan fingerprint density at radius 1 is 1.23 bits per heavy atom. The molecule has 0 saturated carbocycles. The summed E-state index contributed by atoms with van der Waals surface area (Å²) in [6.45, 7) is 5.89. The van der Waals surface area contributed by atoms with Crippen molar-refractivity contribution in [2.75, 3.05) is 46.4 Å². The summed E-state index contributed by atoms with van der Waals surface area (Å²) in [5.41, 5.74) is 1.53. The van der Waals surface area contributed by atoms with Crippen LogP contribution >= 0.6 is 0 Å². The fourth-order valence-electron chi connectivity index (χ4n) is 4.21. The minimum Gasteiger partial charge on any atom is -0.496 e. The molecular weight excluding hydrogens is 332 g/mol. The van der Waals surface area contributed by atoms with Crippen LogP contribution < -0.4 is 4.74 Å². The largest absolute Gasteiger partial charge is 0.496 e. The molecule has 6 nitrogen and oxygen atoms in total. The van der Waals surface area contributed by atoms with E-state index >= 15 is 0 Å². The lowest BCUT2D eigenvalue weighted by Gasteiger charge is -2.32. The number of benzene rings is 1. The second-order valence-electron chi connectivity index (χ2n) is 7.60. The predicted octanol–water partition coefficient (Wildman–Crippen LogP) is 1.14. The van der Waals surface area contributed by atoms with E-state index in [4.69, 9.17) is 4.74 Å². The van der Waals surface area contributed by atoms with Crippen molar-refractivity contribution in [3.8, 4) is 5.75 Å². The van der Waals surface area contributed by atoms with Crippen LogP contribution in [0, 0.1) is 18.8 Å². The van der Waals surface area contributed by atoms with E-state index in [1.807, 2.05) is 30.0 Å². The molecule has 2 aliphatic rings. The molecule has 2 aliphatic heterocycles. The highest BCUT2D eigenvalue weighted by molar-refractivity contribution is 5.97. The molecule has 6 heteroatoms. The molecule has 0 radical (unpaired) electrons. The van der Waals surface area contributed by atoms with Crippen LogP contribution in [0.2, 0.25) is 0 Å². The number of ether oxygens (including phenoxy) is 1. The molecule has 0 unspecified atom stereocenters. The van der Waals surface area contributed by atoms with Crippen molar-refractivity contribution in [2.24, 2.45) is 11.8 Å². The van der Waals surface area contributed by atoms with E-state index in [0.717, 1.165) is 38.0 Å². The summed E-state index contributed by atoms with van der Waals surface area (Å²) in [4.78, 5) is 17.2. The van der Waals surface area contributed by atoms with E-state index in [1.54, 1.807) is 7.11 Å². The van der Waals surface area contributed by atoms with Crippen molar-refractivity contribution in [3.05, 3.63) is 29.3 Å². The van der Waals surface area contributed by atoms with Gasteiger partial charge in [0.1, 0.15) is 5.75 Å². The first kappa shape index (κ1) is 19.1. The fraction of sp³-hybridized carbons (Fsp3) is 0.650. The smallest absolute Gasteiger partial charge is 0.257 e. The Balaban J connectivity index is 1.68. The molecule has 1 aromatic rings. The van der Waals surface area contributed by atoms with Gasteiger partial charge in [0.05, 0.1) is 18.8 Å². The number of piperidine rings is 1. The summed E-state index contributed by atoms with van der Waals surface area (Å²) in [5.74, 6) is 0.962. The molecular formula is C20H30N2O4. The normalized spacial score (nSPS) is 24.8. The van der Waals surface area contributed by atoms with Gasteiger partial charge in [-0.15, -0.1) is 0 Å². The molecule has 2 fully saturated rings. The molecule has 1 amide bonds. The van der Waals surface area contributed by atoms with E-state index in [0.29, 0.717) is 24.4 Å². The van der Waals surface area contributed by atoms with Gasteiger partial charge in [-0.2, -0.15) is 0 Å². The Morgan fingerprint density at radius 3 is 2.58 bits per heavy atom.